The zero-order chi connectivity index (χ0) is 10.7. The molecule has 0 saturated carbocycles. The Balaban J connectivity index is 1.84. The number of carbonyl (C=O) groups is 1. The lowest BCUT2D eigenvalue weighted by Gasteiger charge is -2.19. The van der Waals surface area contributed by atoms with Gasteiger partial charge in [-0.3, -0.25) is 0 Å². The average Bonchev–Trinajstić information content (AvgIpc) is 2.77. The number of ether oxygens (including phenoxy) is 1. The summed E-state index contributed by atoms with van der Waals surface area (Å²) in [6.45, 7) is 5.60. The van der Waals surface area contributed by atoms with Crippen molar-refractivity contribution in [2.75, 3.05) is 26.2 Å². The third-order valence-corrected chi connectivity index (χ3v) is 3.28. The first kappa shape index (κ1) is 10.7. The first-order valence-electron chi connectivity index (χ1n) is 5.94. The van der Waals surface area contributed by atoms with Gasteiger partial charge in [-0.1, -0.05) is 19.8 Å². The molecule has 0 aromatic rings. The molecule has 0 aromatic carbocycles. The van der Waals surface area contributed by atoms with Gasteiger partial charge in [-0.15, -0.1) is 0 Å². The summed E-state index contributed by atoms with van der Waals surface area (Å²) in [5, 5.41) is 3.26. The van der Waals surface area contributed by atoms with Crippen molar-refractivity contribution in [3.8, 4) is 0 Å². The van der Waals surface area contributed by atoms with Crippen LogP contribution in [0.3, 0.4) is 0 Å². The highest BCUT2D eigenvalue weighted by Gasteiger charge is 2.46. The van der Waals surface area contributed by atoms with Crippen LogP contribution < -0.4 is 5.32 Å². The summed E-state index contributed by atoms with van der Waals surface area (Å²) in [7, 11) is 0. The van der Waals surface area contributed by atoms with Crippen LogP contribution in [-0.2, 0) is 4.74 Å². The van der Waals surface area contributed by atoms with E-state index in [9.17, 15) is 4.79 Å². The van der Waals surface area contributed by atoms with E-state index in [1.54, 1.807) is 0 Å². The summed E-state index contributed by atoms with van der Waals surface area (Å²) in [6, 6.07) is 0. The van der Waals surface area contributed by atoms with Crippen LogP contribution in [0.25, 0.3) is 0 Å². The molecule has 1 N–H and O–H groups in total. The highest BCUT2D eigenvalue weighted by molar-refractivity contribution is 5.70. The largest absolute Gasteiger partial charge is 0.439 e. The number of carbonyl (C=O) groups excluding carboxylic acids is 1. The zero-order valence-electron chi connectivity index (χ0n) is 9.42. The molecule has 0 aliphatic carbocycles. The minimum atomic E-state index is -0.205. The molecule has 4 nitrogen and oxygen atoms in total. The van der Waals surface area contributed by atoms with E-state index in [2.05, 4.69) is 12.2 Å². The minimum absolute atomic E-state index is 0.116. The normalized spacial score (nSPS) is 30.2. The predicted molar refractivity (Wildman–Crippen MR) is 57.8 cm³/mol. The van der Waals surface area contributed by atoms with Crippen molar-refractivity contribution in [1.29, 1.82) is 0 Å². The van der Waals surface area contributed by atoms with E-state index < -0.39 is 0 Å². The molecule has 0 radical (unpaired) electrons. The van der Waals surface area contributed by atoms with Crippen molar-refractivity contribution in [3.05, 3.63) is 0 Å². The Bertz CT molecular complexity index is 237. The van der Waals surface area contributed by atoms with Gasteiger partial charge in [0, 0.05) is 19.5 Å². The highest BCUT2D eigenvalue weighted by Crippen LogP contribution is 2.28. The average molecular weight is 212 g/mol. The van der Waals surface area contributed by atoms with Crippen LogP contribution in [-0.4, -0.2) is 42.8 Å². The minimum Gasteiger partial charge on any atom is -0.439 e. The van der Waals surface area contributed by atoms with Crippen LogP contribution in [0.15, 0.2) is 0 Å². The molecular formula is C11H20N2O2. The summed E-state index contributed by atoms with van der Waals surface area (Å²) in [5.74, 6) is 0. The van der Waals surface area contributed by atoms with E-state index in [1.165, 1.54) is 12.8 Å². The van der Waals surface area contributed by atoms with E-state index in [0.29, 0.717) is 0 Å². The summed E-state index contributed by atoms with van der Waals surface area (Å²) in [4.78, 5) is 13.5. The van der Waals surface area contributed by atoms with Crippen molar-refractivity contribution < 1.29 is 9.53 Å². The molecule has 2 heterocycles. The molecule has 1 atom stereocenters. The smallest absolute Gasteiger partial charge is 0.410 e. The molecule has 4 heteroatoms. The molecule has 15 heavy (non-hydrogen) atoms. The maximum atomic E-state index is 11.6. The predicted octanol–water partition coefficient (Wildman–Crippen LogP) is 1.36. The fourth-order valence-corrected chi connectivity index (χ4v) is 2.36. The highest BCUT2D eigenvalue weighted by atomic mass is 16.6. The van der Waals surface area contributed by atoms with Crippen LogP contribution in [0.1, 0.15) is 32.6 Å². The van der Waals surface area contributed by atoms with E-state index >= 15 is 0 Å². The maximum Gasteiger partial charge on any atom is 0.410 e. The first-order valence-corrected chi connectivity index (χ1v) is 5.94. The standard InChI is InChI=1S/C11H20N2O2/c1-2-3-4-7-13-9-11(15-10(13)14)5-6-12-8-11/h12H,2-9H2,1H3. The molecule has 2 aliphatic heterocycles. The number of nitrogens with zero attached hydrogens (tertiary/aromatic N) is 1. The summed E-state index contributed by atoms with van der Waals surface area (Å²) in [6.07, 6.45) is 4.32. The Morgan fingerprint density at radius 1 is 1.53 bits per heavy atom. The molecule has 0 aromatic heterocycles. The number of amides is 1. The Morgan fingerprint density at radius 2 is 2.40 bits per heavy atom. The van der Waals surface area contributed by atoms with Gasteiger partial charge in [0.15, 0.2) is 0 Å². The molecule has 86 valence electrons. The number of unbranched alkanes of at least 4 members (excludes halogenated alkanes) is 2. The van der Waals surface area contributed by atoms with Gasteiger partial charge in [-0.2, -0.15) is 0 Å². The maximum absolute atomic E-state index is 11.6. The third-order valence-electron chi connectivity index (χ3n) is 3.28. The van der Waals surface area contributed by atoms with Crippen molar-refractivity contribution in [1.82, 2.24) is 10.2 Å². The Morgan fingerprint density at radius 3 is 3.07 bits per heavy atom. The second-order valence-corrected chi connectivity index (χ2v) is 4.61. The fourth-order valence-electron chi connectivity index (χ4n) is 2.36. The molecule has 2 fully saturated rings. The molecule has 2 rings (SSSR count). The molecule has 1 amide bonds. The van der Waals surface area contributed by atoms with E-state index in [-0.39, 0.29) is 11.7 Å². The van der Waals surface area contributed by atoms with Crippen molar-refractivity contribution >= 4 is 6.09 Å². The monoisotopic (exact) mass is 212 g/mol. The fraction of sp³-hybridized carbons (Fsp3) is 0.909. The van der Waals surface area contributed by atoms with Gasteiger partial charge in [0.2, 0.25) is 0 Å². The van der Waals surface area contributed by atoms with Gasteiger partial charge in [-0.05, 0) is 13.0 Å². The molecule has 2 saturated heterocycles. The van der Waals surface area contributed by atoms with Crippen LogP contribution in [0.5, 0.6) is 0 Å². The lowest BCUT2D eigenvalue weighted by molar-refractivity contribution is 0.0727. The lowest BCUT2D eigenvalue weighted by Crippen LogP contribution is -2.36. The summed E-state index contributed by atoms with van der Waals surface area (Å²) >= 11 is 0. The van der Waals surface area contributed by atoms with Crippen molar-refractivity contribution in [2.45, 2.75) is 38.2 Å². The van der Waals surface area contributed by atoms with Crippen LogP contribution in [0.4, 0.5) is 4.79 Å². The van der Waals surface area contributed by atoms with Gasteiger partial charge in [0.1, 0.15) is 5.60 Å². The Labute approximate surface area is 91.0 Å². The second-order valence-electron chi connectivity index (χ2n) is 4.61. The molecule has 2 aliphatic rings. The molecule has 0 bridgehead atoms. The van der Waals surface area contributed by atoms with Gasteiger partial charge in [0.25, 0.3) is 0 Å². The van der Waals surface area contributed by atoms with Gasteiger partial charge in [0.05, 0.1) is 6.54 Å². The Kier molecular flexibility index (Phi) is 3.14. The van der Waals surface area contributed by atoms with E-state index in [4.69, 9.17) is 4.74 Å². The second kappa shape index (κ2) is 4.39. The van der Waals surface area contributed by atoms with Gasteiger partial charge >= 0.3 is 6.09 Å². The molecule has 1 unspecified atom stereocenters. The number of hydrogen-bond donors (Lipinski definition) is 1. The summed E-state index contributed by atoms with van der Waals surface area (Å²) < 4.78 is 5.48. The zero-order valence-corrected chi connectivity index (χ0v) is 9.42. The summed E-state index contributed by atoms with van der Waals surface area (Å²) in [5.41, 5.74) is -0.205. The third kappa shape index (κ3) is 2.25. The Hall–Kier alpha value is -0.770. The lowest BCUT2D eigenvalue weighted by atomic mass is 10.0. The van der Waals surface area contributed by atoms with Crippen molar-refractivity contribution in [2.24, 2.45) is 0 Å². The SMILES string of the molecule is CCCCCN1CC2(CCNC2)OC1=O. The van der Waals surface area contributed by atoms with Crippen LogP contribution in [0.2, 0.25) is 0 Å². The number of hydrogen-bond acceptors (Lipinski definition) is 3. The van der Waals surface area contributed by atoms with Crippen LogP contribution in [0, 0.1) is 0 Å². The quantitative estimate of drug-likeness (QED) is 0.715. The van der Waals surface area contributed by atoms with E-state index in [0.717, 1.165) is 39.0 Å². The molecule has 1 spiro atoms. The number of nitrogens with one attached hydrogen (secondary N) is 1. The topological polar surface area (TPSA) is 41.6 Å². The van der Waals surface area contributed by atoms with Crippen LogP contribution >= 0.6 is 0 Å². The first-order chi connectivity index (χ1) is 7.26. The van der Waals surface area contributed by atoms with Gasteiger partial charge in [-0.25, -0.2) is 4.79 Å². The number of rotatable bonds is 4. The van der Waals surface area contributed by atoms with E-state index in [1.807, 2.05) is 4.90 Å². The molecular weight excluding hydrogens is 192 g/mol. The van der Waals surface area contributed by atoms with Gasteiger partial charge < -0.3 is 15.0 Å². The van der Waals surface area contributed by atoms with Crippen molar-refractivity contribution in [3.63, 3.8) is 0 Å².